The highest BCUT2D eigenvalue weighted by Gasteiger charge is 2.19. The summed E-state index contributed by atoms with van der Waals surface area (Å²) in [5.41, 5.74) is 0.533. The maximum absolute atomic E-state index is 11.8. The molecule has 0 bridgehead atoms. The molecule has 4 nitrogen and oxygen atoms in total. The SMILES string of the molecule is N=c1sccn1C(=O)[C@@H](O)c1ccccc1. The first-order valence-electron chi connectivity index (χ1n) is 4.68. The van der Waals surface area contributed by atoms with Gasteiger partial charge in [-0.2, -0.15) is 0 Å². The Kier molecular flexibility index (Phi) is 2.98. The first kappa shape index (κ1) is 10.8. The Morgan fingerprint density at radius 1 is 1.38 bits per heavy atom. The van der Waals surface area contributed by atoms with Gasteiger partial charge in [-0.3, -0.25) is 14.8 Å². The molecule has 16 heavy (non-hydrogen) atoms. The number of hydrogen-bond acceptors (Lipinski definition) is 4. The second-order valence-corrected chi connectivity index (χ2v) is 4.12. The topological polar surface area (TPSA) is 66.1 Å². The van der Waals surface area contributed by atoms with Gasteiger partial charge in [-0.1, -0.05) is 30.3 Å². The van der Waals surface area contributed by atoms with E-state index in [1.807, 2.05) is 6.07 Å². The molecule has 0 amide bonds. The quantitative estimate of drug-likeness (QED) is 0.825. The average Bonchev–Trinajstić information content (AvgIpc) is 2.75. The van der Waals surface area contributed by atoms with Gasteiger partial charge in [0.15, 0.2) is 10.9 Å². The second kappa shape index (κ2) is 4.42. The summed E-state index contributed by atoms with van der Waals surface area (Å²) in [4.78, 5) is 11.9. The molecule has 0 unspecified atom stereocenters. The van der Waals surface area contributed by atoms with Gasteiger partial charge in [0.1, 0.15) is 0 Å². The molecule has 0 aliphatic heterocycles. The minimum Gasteiger partial charge on any atom is -0.378 e. The molecule has 1 heterocycles. The lowest BCUT2D eigenvalue weighted by molar-refractivity contribution is 0.0650. The van der Waals surface area contributed by atoms with Crippen LogP contribution in [0.1, 0.15) is 16.5 Å². The van der Waals surface area contributed by atoms with Crippen LogP contribution in [0.25, 0.3) is 0 Å². The Labute approximate surface area is 95.9 Å². The number of nitrogens with zero attached hydrogens (tertiary/aromatic N) is 1. The standard InChI is InChI=1S/C11H10N2O2S/c12-11-13(6-7-16-11)10(15)9(14)8-4-2-1-3-5-8/h1-7,9,12,14H/t9-/m0/s1. The summed E-state index contributed by atoms with van der Waals surface area (Å²) in [5.74, 6) is -0.502. The van der Waals surface area contributed by atoms with Gasteiger partial charge in [0.25, 0.3) is 5.91 Å². The van der Waals surface area contributed by atoms with E-state index >= 15 is 0 Å². The predicted octanol–water partition coefficient (Wildman–Crippen LogP) is 1.40. The Bertz CT molecular complexity index is 544. The third kappa shape index (κ3) is 1.95. The van der Waals surface area contributed by atoms with Crippen LogP contribution in [-0.2, 0) is 0 Å². The predicted molar refractivity (Wildman–Crippen MR) is 60.2 cm³/mol. The lowest BCUT2D eigenvalue weighted by Gasteiger charge is -2.09. The molecular weight excluding hydrogens is 224 g/mol. The highest BCUT2D eigenvalue weighted by molar-refractivity contribution is 7.07. The highest BCUT2D eigenvalue weighted by atomic mass is 32.1. The largest absolute Gasteiger partial charge is 0.378 e. The van der Waals surface area contributed by atoms with Crippen molar-refractivity contribution in [3.63, 3.8) is 0 Å². The van der Waals surface area contributed by atoms with Crippen LogP contribution in [0, 0.1) is 5.41 Å². The lowest BCUT2D eigenvalue weighted by Crippen LogP contribution is -2.26. The third-order valence-corrected chi connectivity index (χ3v) is 2.87. The van der Waals surface area contributed by atoms with Gasteiger partial charge in [-0.15, -0.1) is 11.3 Å². The number of thiazole rings is 1. The fraction of sp³-hybridized carbons (Fsp3) is 0.0909. The number of benzene rings is 1. The van der Waals surface area contributed by atoms with Gasteiger partial charge in [0, 0.05) is 11.6 Å². The Morgan fingerprint density at radius 3 is 2.62 bits per heavy atom. The van der Waals surface area contributed by atoms with Crippen LogP contribution in [0.4, 0.5) is 0 Å². The van der Waals surface area contributed by atoms with Gasteiger partial charge >= 0.3 is 0 Å². The number of aliphatic hydroxyl groups excluding tert-OH is 1. The summed E-state index contributed by atoms with van der Waals surface area (Å²) in [6.07, 6.45) is 0.270. The molecule has 0 aliphatic carbocycles. The zero-order valence-corrected chi connectivity index (χ0v) is 9.15. The van der Waals surface area contributed by atoms with E-state index in [0.29, 0.717) is 5.56 Å². The number of carbonyl (C=O) groups is 1. The van der Waals surface area contributed by atoms with Crippen LogP contribution in [-0.4, -0.2) is 15.6 Å². The molecule has 82 valence electrons. The Balaban J connectivity index is 2.31. The third-order valence-electron chi connectivity index (χ3n) is 2.20. The summed E-state index contributed by atoms with van der Waals surface area (Å²) in [6.45, 7) is 0. The molecule has 0 aliphatic rings. The minimum atomic E-state index is -1.22. The summed E-state index contributed by atoms with van der Waals surface area (Å²) in [7, 11) is 0. The van der Waals surface area contributed by atoms with E-state index < -0.39 is 12.0 Å². The van der Waals surface area contributed by atoms with Crippen LogP contribution in [0.15, 0.2) is 41.9 Å². The number of aliphatic hydroxyl groups is 1. The van der Waals surface area contributed by atoms with E-state index in [1.54, 1.807) is 29.6 Å². The molecule has 0 radical (unpaired) electrons. The van der Waals surface area contributed by atoms with Crippen molar-refractivity contribution in [2.24, 2.45) is 0 Å². The summed E-state index contributed by atoms with van der Waals surface area (Å²) in [5, 5.41) is 19.0. The molecule has 2 aromatic rings. The summed E-state index contributed by atoms with van der Waals surface area (Å²) < 4.78 is 1.14. The van der Waals surface area contributed by atoms with E-state index in [0.717, 1.165) is 15.9 Å². The molecular formula is C11H10N2O2S. The van der Waals surface area contributed by atoms with Crippen LogP contribution in [0.5, 0.6) is 0 Å². The number of aromatic nitrogens is 1. The molecule has 0 saturated heterocycles. The average molecular weight is 234 g/mol. The smallest absolute Gasteiger partial charge is 0.266 e. The Hall–Kier alpha value is -1.72. The zero-order valence-electron chi connectivity index (χ0n) is 8.33. The second-order valence-electron chi connectivity index (χ2n) is 3.23. The minimum absolute atomic E-state index is 0.111. The van der Waals surface area contributed by atoms with Crippen molar-refractivity contribution in [1.29, 1.82) is 5.41 Å². The van der Waals surface area contributed by atoms with E-state index in [9.17, 15) is 9.90 Å². The van der Waals surface area contributed by atoms with E-state index in [-0.39, 0.29) is 4.80 Å². The van der Waals surface area contributed by atoms with Crippen molar-refractivity contribution in [2.45, 2.75) is 6.10 Å². The van der Waals surface area contributed by atoms with Crippen molar-refractivity contribution in [2.75, 3.05) is 0 Å². The van der Waals surface area contributed by atoms with Crippen molar-refractivity contribution in [3.8, 4) is 0 Å². The lowest BCUT2D eigenvalue weighted by atomic mass is 10.1. The van der Waals surface area contributed by atoms with Crippen LogP contribution in [0.3, 0.4) is 0 Å². The maximum Gasteiger partial charge on any atom is 0.266 e. The molecule has 1 atom stereocenters. The van der Waals surface area contributed by atoms with Gasteiger partial charge in [-0.25, -0.2) is 0 Å². The van der Waals surface area contributed by atoms with Crippen molar-refractivity contribution in [3.05, 3.63) is 52.3 Å². The summed E-state index contributed by atoms with van der Waals surface area (Å²) in [6, 6.07) is 8.68. The molecule has 5 heteroatoms. The number of nitrogens with one attached hydrogen (secondary N) is 1. The normalized spacial score (nSPS) is 12.3. The van der Waals surface area contributed by atoms with E-state index in [1.165, 1.54) is 6.20 Å². The molecule has 1 aromatic heterocycles. The molecule has 0 saturated carbocycles. The molecule has 0 spiro atoms. The molecule has 0 fully saturated rings. The molecule has 2 N–H and O–H groups in total. The highest BCUT2D eigenvalue weighted by Crippen LogP contribution is 2.13. The number of carbonyl (C=O) groups excluding carboxylic acids is 1. The maximum atomic E-state index is 11.8. The number of hydrogen-bond donors (Lipinski definition) is 2. The van der Waals surface area contributed by atoms with E-state index in [2.05, 4.69) is 0 Å². The Morgan fingerprint density at radius 2 is 2.06 bits per heavy atom. The van der Waals surface area contributed by atoms with Gasteiger partial charge in [0.05, 0.1) is 0 Å². The summed E-state index contributed by atoms with van der Waals surface area (Å²) >= 11 is 1.14. The fourth-order valence-electron chi connectivity index (χ4n) is 1.36. The van der Waals surface area contributed by atoms with Crippen LogP contribution in [0.2, 0.25) is 0 Å². The van der Waals surface area contributed by atoms with Crippen LogP contribution >= 0.6 is 11.3 Å². The number of rotatable bonds is 2. The first-order chi connectivity index (χ1) is 7.70. The van der Waals surface area contributed by atoms with E-state index in [4.69, 9.17) is 5.41 Å². The molecule has 1 aromatic carbocycles. The van der Waals surface area contributed by atoms with Crippen molar-refractivity contribution < 1.29 is 9.90 Å². The first-order valence-corrected chi connectivity index (χ1v) is 5.56. The van der Waals surface area contributed by atoms with Crippen LogP contribution < -0.4 is 4.80 Å². The van der Waals surface area contributed by atoms with Gasteiger partial charge < -0.3 is 5.11 Å². The van der Waals surface area contributed by atoms with Gasteiger partial charge in [0.2, 0.25) is 0 Å². The van der Waals surface area contributed by atoms with Crippen molar-refractivity contribution in [1.82, 2.24) is 4.57 Å². The molecule has 2 rings (SSSR count). The monoisotopic (exact) mass is 234 g/mol. The van der Waals surface area contributed by atoms with Gasteiger partial charge in [-0.05, 0) is 5.56 Å². The van der Waals surface area contributed by atoms with Crippen molar-refractivity contribution >= 4 is 17.2 Å². The zero-order chi connectivity index (χ0) is 11.5. The fourth-order valence-corrected chi connectivity index (χ4v) is 1.94.